The van der Waals surface area contributed by atoms with Crippen LogP contribution in [-0.4, -0.2) is 45.1 Å². The zero-order chi connectivity index (χ0) is 14.5. The summed E-state index contributed by atoms with van der Waals surface area (Å²) in [7, 11) is -3.23. The van der Waals surface area contributed by atoms with Crippen molar-refractivity contribution < 1.29 is 13.2 Å². The summed E-state index contributed by atoms with van der Waals surface area (Å²) >= 11 is 0. The summed E-state index contributed by atoms with van der Waals surface area (Å²) in [6, 6.07) is 5.99. The van der Waals surface area contributed by atoms with Crippen LogP contribution in [0.3, 0.4) is 0 Å². The highest BCUT2D eigenvalue weighted by atomic mass is 32.2. The van der Waals surface area contributed by atoms with Crippen LogP contribution < -0.4 is 5.73 Å². The third-order valence-corrected chi connectivity index (χ3v) is 3.84. The number of rotatable bonds is 6. The summed E-state index contributed by atoms with van der Waals surface area (Å²) in [5, 5.41) is 0. The molecule has 0 aliphatic carbocycles. The Morgan fingerprint density at radius 2 is 1.79 bits per heavy atom. The largest absolute Gasteiger partial charge is 0.337 e. The van der Waals surface area contributed by atoms with Crippen LogP contribution in [0.25, 0.3) is 0 Å². The molecule has 0 aromatic heterocycles. The predicted octanol–water partition coefficient (Wildman–Crippen LogP) is 0.901. The van der Waals surface area contributed by atoms with Gasteiger partial charge in [0.2, 0.25) is 0 Å². The van der Waals surface area contributed by atoms with Gasteiger partial charge in [0.15, 0.2) is 9.84 Å². The Kier molecular flexibility index (Phi) is 5.50. The van der Waals surface area contributed by atoms with Gasteiger partial charge in [0.1, 0.15) is 0 Å². The van der Waals surface area contributed by atoms with Crippen molar-refractivity contribution in [2.45, 2.75) is 18.2 Å². The molecule has 1 aromatic carbocycles. The average molecular weight is 284 g/mol. The third-order valence-electron chi connectivity index (χ3n) is 2.71. The number of nitrogens with two attached hydrogens (primary N) is 1. The highest BCUT2D eigenvalue weighted by Crippen LogP contribution is 2.12. The lowest BCUT2D eigenvalue weighted by Gasteiger charge is -2.21. The summed E-state index contributed by atoms with van der Waals surface area (Å²) in [6.07, 6.45) is 1.99. The van der Waals surface area contributed by atoms with Gasteiger partial charge in [-0.3, -0.25) is 4.79 Å². The number of nitrogens with zero attached hydrogens (tertiary/aromatic N) is 1. The van der Waals surface area contributed by atoms with Crippen molar-refractivity contribution in [1.29, 1.82) is 0 Å². The number of carbonyl (C=O) groups is 1. The Morgan fingerprint density at radius 3 is 2.21 bits per heavy atom. The quantitative estimate of drug-likeness (QED) is 0.841. The van der Waals surface area contributed by atoms with E-state index >= 15 is 0 Å². The van der Waals surface area contributed by atoms with Crippen molar-refractivity contribution in [3.63, 3.8) is 0 Å². The SMILES string of the molecule is CCCN(CCN)C(=O)c1ccc(S(C)(=O)=O)cc1. The van der Waals surface area contributed by atoms with Gasteiger partial charge in [-0.05, 0) is 30.7 Å². The Balaban J connectivity index is 2.93. The number of hydrogen-bond acceptors (Lipinski definition) is 4. The molecule has 0 aliphatic rings. The molecule has 19 heavy (non-hydrogen) atoms. The number of carbonyl (C=O) groups excluding carboxylic acids is 1. The van der Waals surface area contributed by atoms with Crippen molar-refractivity contribution in [1.82, 2.24) is 4.90 Å². The molecule has 1 amide bonds. The van der Waals surface area contributed by atoms with Crippen molar-refractivity contribution in [2.24, 2.45) is 5.73 Å². The molecule has 0 unspecified atom stereocenters. The van der Waals surface area contributed by atoms with Crippen LogP contribution in [0.1, 0.15) is 23.7 Å². The lowest BCUT2D eigenvalue weighted by atomic mass is 10.2. The molecule has 6 heteroatoms. The van der Waals surface area contributed by atoms with Crippen molar-refractivity contribution in [3.05, 3.63) is 29.8 Å². The molecule has 0 atom stereocenters. The molecule has 0 heterocycles. The summed E-state index contributed by atoms with van der Waals surface area (Å²) in [5.41, 5.74) is 5.96. The number of amides is 1. The van der Waals surface area contributed by atoms with Gasteiger partial charge in [0.05, 0.1) is 4.90 Å². The van der Waals surface area contributed by atoms with E-state index in [1.165, 1.54) is 24.3 Å². The van der Waals surface area contributed by atoms with Crippen LogP contribution in [0, 0.1) is 0 Å². The average Bonchev–Trinajstić information content (AvgIpc) is 2.37. The fourth-order valence-electron chi connectivity index (χ4n) is 1.77. The van der Waals surface area contributed by atoms with Gasteiger partial charge in [-0.15, -0.1) is 0 Å². The van der Waals surface area contributed by atoms with Crippen LogP contribution in [0.5, 0.6) is 0 Å². The van der Waals surface area contributed by atoms with E-state index in [1.54, 1.807) is 4.90 Å². The fourth-order valence-corrected chi connectivity index (χ4v) is 2.40. The first-order valence-electron chi connectivity index (χ1n) is 6.19. The summed E-state index contributed by atoms with van der Waals surface area (Å²) < 4.78 is 22.7. The normalized spacial score (nSPS) is 11.3. The molecule has 1 aromatic rings. The first-order chi connectivity index (χ1) is 8.90. The van der Waals surface area contributed by atoms with Crippen LogP contribution in [0.4, 0.5) is 0 Å². The van der Waals surface area contributed by atoms with Crippen molar-refractivity contribution in [3.8, 4) is 0 Å². The summed E-state index contributed by atoms with van der Waals surface area (Å²) in [6.45, 7) is 3.54. The smallest absolute Gasteiger partial charge is 0.253 e. The lowest BCUT2D eigenvalue weighted by Crippen LogP contribution is -2.35. The molecule has 5 nitrogen and oxygen atoms in total. The minimum atomic E-state index is -3.23. The minimum Gasteiger partial charge on any atom is -0.337 e. The van der Waals surface area contributed by atoms with Crippen molar-refractivity contribution >= 4 is 15.7 Å². The topological polar surface area (TPSA) is 80.5 Å². The van der Waals surface area contributed by atoms with Crippen LogP contribution in [-0.2, 0) is 9.84 Å². The van der Waals surface area contributed by atoms with E-state index in [-0.39, 0.29) is 10.8 Å². The molecule has 0 spiro atoms. The second-order valence-corrected chi connectivity index (χ2v) is 6.39. The van der Waals surface area contributed by atoms with Crippen LogP contribution in [0.15, 0.2) is 29.2 Å². The Morgan fingerprint density at radius 1 is 1.21 bits per heavy atom. The molecule has 0 fully saturated rings. The third kappa shape index (κ3) is 4.33. The molecular formula is C13H20N2O3S. The molecule has 0 aliphatic heterocycles. The van der Waals surface area contributed by atoms with Gasteiger partial charge in [0, 0.05) is 31.5 Å². The molecule has 106 valence electrons. The van der Waals surface area contributed by atoms with Gasteiger partial charge < -0.3 is 10.6 Å². The zero-order valence-corrected chi connectivity index (χ0v) is 12.1. The molecule has 0 bridgehead atoms. The van der Waals surface area contributed by atoms with E-state index in [4.69, 9.17) is 5.73 Å². The fraction of sp³-hybridized carbons (Fsp3) is 0.462. The van der Waals surface area contributed by atoms with Gasteiger partial charge in [-0.25, -0.2) is 8.42 Å². The summed E-state index contributed by atoms with van der Waals surface area (Å²) in [5.74, 6) is -0.118. The molecule has 0 saturated heterocycles. The maximum atomic E-state index is 12.2. The number of benzene rings is 1. The van der Waals surface area contributed by atoms with Gasteiger partial charge in [0.25, 0.3) is 5.91 Å². The van der Waals surface area contributed by atoms with E-state index < -0.39 is 9.84 Å². The lowest BCUT2D eigenvalue weighted by molar-refractivity contribution is 0.0760. The maximum absolute atomic E-state index is 12.2. The molecule has 0 radical (unpaired) electrons. The maximum Gasteiger partial charge on any atom is 0.253 e. The zero-order valence-electron chi connectivity index (χ0n) is 11.3. The van der Waals surface area contributed by atoms with E-state index in [1.807, 2.05) is 6.92 Å². The van der Waals surface area contributed by atoms with Gasteiger partial charge in [-0.1, -0.05) is 6.92 Å². The molecule has 2 N–H and O–H groups in total. The van der Waals surface area contributed by atoms with Gasteiger partial charge in [-0.2, -0.15) is 0 Å². The summed E-state index contributed by atoms with van der Waals surface area (Å²) in [4.78, 5) is 14.1. The minimum absolute atomic E-state index is 0.118. The second-order valence-electron chi connectivity index (χ2n) is 4.38. The molecular weight excluding hydrogens is 264 g/mol. The highest BCUT2D eigenvalue weighted by Gasteiger charge is 2.15. The Hall–Kier alpha value is -1.40. The molecule has 0 saturated carbocycles. The van der Waals surface area contributed by atoms with Crippen molar-refractivity contribution in [2.75, 3.05) is 25.9 Å². The van der Waals surface area contributed by atoms with E-state index in [0.29, 0.717) is 25.2 Å². The highest BCUT2D eigenvalue weighted by molar-refractivity contribution is 7.90. The monoisotopic (exact) mass is 284 g/mol. The van der Waals surface area contributed by atoms with Crippen LogP contribution >= 0.6 is 0 Å². The van der Waals surface area contributed by atoms with Crippen LogP contribution in [0.2, 0.25) is 0 Å². The first-order valence-corrected chi connectivity index (χ1v) is 8.08. The number of sulfone groups is 1. The molecule has 1 rings (SSSR count). The number of hydrogen-bond donors (Lipinski definition) is 1. The predicted molar refractivity (Wildman–Crippen MR) is 74.8 cm³/mol. The van der Waals surface area contributed by atoms with Gasteiger partial charge >= 0.3 is 0 Å². The Labute approximate surface area is 114 Å². The van der Waals surface area contributed by atoms with E-state index in [0.717, 1.165) is 12.7 Å². The standard InChI is InChI=1S/C13H20N2O3S/c1-3-9-15(10-8-14)13(16)11-4-6-12(7-5-11)19(2,17)18/h4-7H,3,8-10,14H2,1-2H3. The Bertz CT molecular complexity index is 517. The van der Waals surface area contributed by atoms with E-state index in [9.17, 15) is 13.2 Å². The second kappa shape index (κ2) is 6.68. The van der Waals surface area contributed by atoms with E-state index in [2.05, 4.69) is 0 Å². The first kappa shape index (κ1) is 15.7.